The maximum absolute atomic E-state index is 12.7. The molecule has 0 aromatic carbocycles. The first-order chi connectivity index (χ1) is 11.5. The van der Waals surface area contributed by atoms with E-state index in [-0.39, 0.29) is 11.6 Å². The number of nitrogens with two attached hydrogens (primary N) is 1. The first kappa shape index (κ1) is 16.7. The number of primary amides is 1. The van der Waals surface area contributed by atoms with Crippen molar-refractivity contribution in [2.24, 2.45) is 17.6 Å². The van der Waals surface area contributed by atoms with Crippen LogP contribution in [0.2, 0.25) is 0 Å². The Morgan fingerprint density at radius 1 is 1.12 bits per heavy atom. The number of pyridine rings is 1. The third kappa shape index (κ3) is 3.68. The molecule has 0 spiro atoms. The van der Waals surface area contributed by atoms with Crippen LogP contribution in [0.25, 0.3) is 0 Å². The van der Waals surface area contributed by atoms with Gasteiger partial charge in [0.15, 0.2) is 0 Å². The van der Waals surface area contributed by atoms with Gasteiger partial charge in [0.2, 0.25) is 5.91 Å². The molecule has 1 aromatic rings. The number of aromatic nitrogens is 1. The van der Waals surface area contributed by atoms with Crippen molar-refractivity contribution in [2.75, 3.05) is 31.1 Å². The average Bonchev–Trinajstić information content (AvgIpc) is 2.62. The number of piperidine rings is 2. The van der Waals surface area contributed by atoms with Gasteiger partial charge in [-0.15, -0.1) is 0 Å². The Labute approximate surface area is 143 Å². The minimum Gasteiger partial charge on any atom is -0.371 e. The molecular weight excluding hydrogens is 304 g/mol. The van der Waals surface area contributed by atoms with Gasteiger partial charge in [-0.2, -0.15) is 0 Å². The van der Waals surface area contributed by atoms with E-state index in [1.807, 2.05) is 6.07 Å². The van der Waals surface area contributed by atoms with E-state index in [0.29, 0.717) is 5.91 Å². The normalized spacial score (nSPS) is 20.2. The van der Waals surface area contributed by atoms with Crippen molar-refractivity contribution < 1.29 is 9.59 Å². The van der Waals surface area contributed by atoms with Crippen LogP contribution in [0.3, 0.4) is 0 Å². The van der Waals surface area contributed by atoms with Gasteiger partial charge in [-0.05, 0) is 43.7 Å². The smallest absolute Gasteiger partial charge is 0.267 e. The molecule has 3 heterocycles. The molecule has 2 fully saturated rings. The van der Waals surface area contributed by atoms with Crippen LogP contribution in [0.5, 0.6) is 0 Å². The molecule has 6 nitrogen and oxygen atoms in total. The van der Waals surface area contributed by atoms with Gasteiger partial charge in [0.05, 0.1) is 0 Å². The molecule has 0 unspecified atom stereocenters. The van der Waals surface area contributed by atoms with Crippen LogP contribution in [0.15, 0.2) is 18.3 Å². The molecule has 0 aliphatic carbocycles. The van der Waals surface area contributed by atoms with Crippen molar-refractivity contribution in [1.29, 1.82) is 0 Å². The van der Waals surface area contributed by atoms with E-state index >= 15 is 0 Å². The third-order valence-corrected chi connectivity index (χ3v) is 5.30. The van der Waals surface area contributed by atoms with E-state index in [2.05, 4.69) is 21.7 Å². The number of amides is 2. The van der Waals surface area contributed by atoms with Crippen LogP contribution in [0.1, 0.15) is 43.1 Å². The lowest BCUT2D eigenvalue weighted by Gasteiger charge is -2.37. The summed E-state index contributed by atoms with van der Waals surface area (Å²) in [5.41, 5.74) is 6.54. The highest BCUT2D eigenvalue weighted by Gasteiger charge is 2.30. The quantitative estimate of drug-likeness (QED) is 0.914. The summed E-state index contributed by atoms with van der Waals surface area (Å²) in [7, 11) is 0. The highest BCUT2D eigenvalue weighted by molar-refractivity contribution is 5.91. The fraction of sp³-hybridized carbons (Fsp3) is 0.611. The van der Waals surface area contributed by atoms with Crippen molar-refractivity contribution in [3.8, 4) is 0 Å². The molecule has 0 radical (unpaired) electrons. The molecular formula is C18H26N4O2. The molecule has 0 bridgehead atoms. The number of nitrogens with zero attached hydrogens (tertiary/aromatic N) is 3. The summed E-state index contributed by atoms with van der Waals surface area (Å²) in [4.78, 5) is 32.2. The van der Waals surface area contributed by atoms with E-state index in [4.69, 9.17) is 5.73 Å². The molecule has 0 saturated carbocycles. The van der Waals surface area contributed by atoms with Gasteiger partial charge < -0.3 is 15.5 Å². The van der Waals surface area contributed by atoms with Crippen molar-refractivity contribution >= 4 is 17.5 Å². The molecule has 0 atom stereocenters. The van der Waals surface area contributed by atoms with Crippen molar-refractivity contribution in [2.45, 2.75) is 32.6 Å². The van der Waals surface area contributed by atoms with E-state index in [0.717, 1.165) is 63.5 Å². The number of hydrogen-bond acceptors (Lipinski definition) is 4. The second-order valence-corrected chi connectivity index (χ2v) is 7.03. The molecule has 2 aliphatic heterocycles. The summed E-state index contributed by atoms with van der Waals surface area (Å²) in [5.74, 6) is 0.685. The molecule has 130 valence electrons. The number of likely N-dealkylation sites (tertiary alicyclic amines) is 1. The van der Waals surface area contributed by atoms with E-state index in [1.165, 1.54) is 0 Å². The van der Waals surface area contributed by atoms with Crippen molar-refractivity contribution in [1.82, 2.24) is 9.88 Å². The van der Waals surface area contributed by atoms with Gasteiger partial charge in [-0.1, -0.05) is 6.92 Å². The van der Waals surface area contributed by atoms with E-state index in [1.54, 1.807) is 12.3 Å². The minimum absolute atomic E-state index is 0.132. The maximum atomic E-state index is 12.7. The second kappa shape index (κ2) is 7.20. The lowest BCUT2D eigenvalue weighted by molar-refractivity contribution is -0.137. The standard InChI is InChI=1S/C18H26N4O2/c1-13-3-8-22(9-4-13)18(24)14-5-10-21(11-6-14)15-2-7-20-16(12-15)17(19)23/h2,7,12-14H,3-6,8-11H2,1H3,(H2,19,23). The fourth-order valence-corrected chi connectivity index (χ4v) is 3.62. The van der Waals surface area contributed by atoms with E-state index < -0.39 is 5.91 Å². The van der Waals surface area contributed by atoms with Crippen LogP contribution in [-0.4, -0.2) is 47.9 Å². The molecule has 2 N–H and O–H groups in total. The summed E-state index contributed by atoms with van der Waals surface area (Å²) in [6, 6.07) is 3.62. The van der Waals surface area contributed by atoms with Crippen LogP contribution in [0.4, 0.5) is 5.69 Å². The molecule has 2 amide bonds. The number of anilines is 1. The predicted molar refractivity (Wildman–Crippen MR) is 92.7 cm³/mol. The summed E-state index contributed by atoms with van der Waals surface area (Å²) < 4.78 is 0. The van der Waals surface area contributed by atoms with Crippen molar-refractivity contribution in [3.05, 3.63) is 24.0 Å². The number of rotatable bonds is 3. The fourth-order valence-electron chi connectivity index (χ4n) is 3.62. The SMILES string of the molecule is CC1CCN(C(=O)C2CCN(c3ccnc(C(N)=O)c3)CC2)CC1. The molecule has 2 saturated heterocycles. The molecule has 6 heteroatoms. The predicted octanol–water partition coefficient (Wildman–Crippen LogP) is 1.66. The summed E-state index contributed by atoms with van der Waals surface area (Å²) in [5, 5.41) is 0. The van der Waals surface area contributed by atoms with Crippen LogP contribution in [-0.2, 0) is 4.79 Å². The zero-order chi connectivity index (χ0) is 17.1. The van der Waals surface area contributed by atoms with Gasteiger partial charge in [-0.25, -0.2) is 0 Å². The number of carbonyl (C=O) groups is 2. The summed E-state index contributed by atoms with van der Waals surface area (Å²) in [6.45, 7) is 5.72. The van der Waals surface area contributed by atoms with Gasteiger partial charge in [-0.3, -0.25) is 14.6 Å². The Balaban J connectivity index is 1.56. The zero-order valence-electron chi connectivity index (χ0n) is 14.3. The highest BCUT2D eigenvalue weighted by atomic mass is 16.2. The van der Waals surface area contributed by atoms with Gasteiger partial charge in [0.1, 0.15) is 5.69 Å². The maximum Gasteiger partial charge on any atom is 0.267 e. The largest absolute Gasteiger partial charge is 0.371 e. The zero-order valence-corrected chi connectivity index (χ0v) is 14.3. The van der Waals surface area contributed by atoms with Crippen LogP contribution in [0, 0.1) is 11.8 Å². The Hall–Kier alpha value is -2.11. The summed E-state index contributed by atoms with van der Waals surface area (Å²) >= 11 is 0. The van der Waals surface area contributed by atoms with Gasteiger partial charge >= 0.3 is 0 Å². The first-order valence-corrected chi connectivity index (χ1v) is 8.84. The van der Waals surface area contributed by atoms with Crippen LogP contribution < -0.4 is 10.6 Å². The lowest BCUT2D eigenvalue weighted by Crippen LogP contribution is -2.45. The molecule has 1 aromatic heterocycles. The molecule has 24 heavy (non-hydrogen) atoms. The lowest BCUT2D eigenvalue weighted by atomic mass is 9.92. The molecule has 2 aliphatic rings. The summed E-state index contributed by atoms with van der Waals surface area (Å²) in [6.07, 6.45) is 5.58. The highest BCUT2D eigenvalue weighted by Crippen LogP contribution is 2.26. The van der Waals surface area contributed by atoms with Gasteiger partial charge in [0, 0.05) is 44.0 Å². The van der Waals surface area contributed by atoms with Crippen molar-refractivity contribution in [3.63, 3.8) is 0 Å². The third-order valence-electron chi connectivity index (χ3n) is 5.30. The van der Waals surface area contributed by atoms with E-state index in [9.17, 15) is 9.59 Å². The first-order valence-electron chi connectivity index (χ1n) is 8.84. The average molecular weight is 330 g/mol. The Morgan fingerprint density at radius 3 is 2.42 bits per heavy atom. The Kier molecular flexibility index (Phi) is 5.02. The Morgan fingerprint density at radius 2 is 1.79 bits per heavy atom. The number of carbonyl (C=O) groups excluding carboxylic acids is 2. The Bertz CT molecular complexity index is 603. The molecule has 3 rings (SSSR count). The second-order valence-electron chi connectivity index (χ2n) is 7.03. The monoisotopic (exact) mass is 330 g/mol. The number of hydrogen-bond donors (Lipinski definition) is 1. The van der Waals surface area contributed by atoms with Crippen LogP contribution >= 0.6 is 0 Å². The van der Waals surface area contributed by atoms with Gasteiger partial charge in [0.25, 0.3) is 5.91 Å². The minimum atomic E-state index is -0.513. The topological polar surface area (TPSA) is 79.5 Å².